The Kier molecular flexibility index (Phi) is 4.27. The predicted octanol–water partition coefficient (Wildman–Crippen LogP) is 3.52. The van der Waals surface area contributed by atoms with Crippen molar-refractivity contribution in [2.24, 2.45) is 5.73 Å². The number of aryl methyl sites for hydroxylation is 1. The van der Waals surface area contributed by atoms with Crippen LogP contribution in [0.2, 0.25) is 0 Å². The van der Waals surface area contributed by atoms with Crippen LogP contribution in [0.25, 0.3) is 0 Å². The molecule has 0 spiro atoms. The maximum Gasteiger partial charge on any atom is 0.244 e. The van der Waals surface area contributed by atoms with Crippen molar-refractivity contribution in [2.45, 2.75) is 19.4 Å². The van der Waals surface area contributed by atoms with Gasteiger partial charge in [-0.1, -0.05) is 48.5 Å². The van der Waals surface area contributed by atoms with E-state index in [9.17, 15) is 5.26 Å². The van der Waals surface area contributed by atoms with Crippen molar-refractivity contribution in [2.75, 3.05) is 0 Å². The van der Waals surface area contributed by atoms with Gasteiger partial charge in [0, 0.05) is 16.8 Å². The third-order valence-electron chi connectivity index (χ3n) is 4.60. The lowest BCUT2D eigenvalue weighted by molar-refractivity contribution is 0.301. The molecule has 1 aliphatic rings. The molecule has 27 heavy (non-hydrogen) atoms. The van der Waals surface area contributed by atoms with Crippen molar-refractivity contribution in [1.29, 1.82) is 5.26 Å². The predicted molar refractivity (Wildman–Crippen MR) is 99.8 cm³/mol. The van der Waals surface area contributed by atoms with E-state index in [4.69, 9.17) is 15.2 Å². The number of ether oxygens (including phenoxy) is 2. The fourth-order valence-corrected chi connectivity index (χ4v) is 3.30. The van der Waals surface area contributed by atoms with Gasteiger partial charge in [0.25, 0.3) is 0 Å². The molecule has 0 fully saturated rings. The number of para-hydroxylation sites is 1. The van der Waals surface area contributed by atoms with E-state index in [1.807, 2.05) is 61.5 Å². The fourth-order valence-electron chi connectivity index (χ4n) is 3.30. The Morgan fingerprint density at radius 3 is 2.70 bits per heavy atom. The summed E-state index contributed by atoms with van der Waals surface area (Å²) >= 11 is 0. The molecule has 134 valence electrons. The molecule has 3 aromatic rings. The number of hydrogen-bond donors (Lipinski definition) is 2. The Hall–Kier alpha value is -3.72. The lowest BCUT2D eigenvalue weighted by Crippen LogP contribution is -2.21. The zero-order valence-electron chi connectivity index (χ0n) is 14.8. The number of hydrogen-bond acceptors (Lipinski definition) is 5. The van der Waals surface area contributed by atoms with Crippen LogP contribution >= 0.6 is 0 Å². The average molecular weight is 358 g/mol. The zero-order valence-corrected chi connectivity index (χ0v) is 14.8. The highest BCUT2D eigenvalue weighted by atomic mass is 16.5. The fraction of sp³-hybridized carbons (Fsp3) is 0.143. The van der Waals surface area contributed by atoms with Gasteiger partial charge >= 0.3 is 0 Å². The summed E-state index contributed by atoms with van der Waals surface area (Å²) in [5.74, 6) is 0.760. The van der Waals surface area contributed by atoms with Gasteiger partial charge in [0.05, 0.1) is 5.92 Å². The summed E-state index contributed by atoms with van der Waals surface area (Å²) in [6.07, 6.45) is 0. The number of rotatable bonds is 4. The summed E-state index contributed by atoms with van der Waals surface area (Å²) in [6.45, 7) is 2.32. The lowest BCUT2D eigenvalue weighted by atomic mass is 9.83. The summed E-state index contributed by atoms with van der Waals surface area (Å²) in [7, 11) is 0. The van der Waals surface area contributed by atoms with Crippen LogP contribution in [0.3, 0.4) is 0 Å². The second kappa shape index (κ2) is 6.89. The molecule has 6 heteroatoms. The van der Waals surface area contributed by atoms with Gasteiger partial charge in [0.2, 0.25) is 11.8 Å². The van der Waals surface area contributed by atoms with E-state index in [1.165, 1.54) is 0 Å². The Labute approximate surface area is 156 Å². The van der Waals surface area contributed by atoms with E-state index < -0.39 is 5.92 Å². The molecule has 1 atom stereocenters. The van der Waals surface area contributed by atoms with Crippen LogP contribution in [-0.4, -0.2) is 10.2 Å². The monoisotopic (exact) mass is 358 g/mol. The molecule has 4 rings (SSSR count). The first-order valence-electron chi connectivity index (χ1n) is 8.57. The average Bonchev–Trinajstić information content (AvgIpc) is 3.06. The largest absolute Gasteiger partial charge is 0.489 e. The summed E-state index contributed by atoms with van der Waals surface area (Å²) < 4.78 is 11.6. The summed E-state index contributed by atoms with van der Waals surface area (Å²) in [5.41, 5.74) is 9.89. The molecular weight excluding hydrogens is 340 g/mol. The highest BCUT2D eigenvalue weighted by molar-refractivity contribution is 5.57. The van der Waals surface area contributed by atoms with Crippen molar-refractivity contribution in [3.63, 3.8) is 0 Å². The van der Waals surface area contributed by atoms with Crippen molar-refractivity contribution < 1.29 is 9.47 Å². The Morgan fingerprint density at radius 1 is 1.19 bits per heavy atom. The number of allylic oxidation sites excluding steroid dienone is 1. The molecular formula is C21H18N4O2. The zero-order chi connectivity index (χ0) is 18.8. The second-order valence-corrected chi connectivity index (χ2v) is 6.30. The maximum absolute atomic E-state index is 9.71. The van der Waals surface area contributed by atoms with E-state index >= 15 is 0 Å². The number of fused-ring (bicyclic) bond motifs is 1. The second-order valence-electron chi connectivity index (χ2n) is 6.30. The number of nitrogens with one attached hydrogen (secondary N) is 1. The quantitative estimate of drug-likeness (QED) is 0.744. The molecule has 2 aromatic carbocycles. The Morgan fingerprint density at radius 2 is 1.93 bits per heavy atom. The molecule has 2 heterocycles. The van der Waals surface area contributed by atoms with Gasteiger partial charge in [0.15, 0.2) is 0 Å². The highest BCUT2D eigenvalue weighted by Gasteiger charge is 2.35. The SMILES string of the molecule is Cc1[nH]nc2c1C(c1ccccc1OCc1ccccc1)C(C#N)=C(N)O2. The van der Waals surface area contributed by atoms with E-state index in [0.29, 0.717) is 23.8 Å². The van der Waals surface area contributed by atoms with E-state index in [0.717, 1.165) is 22.4 Å². The number of nitrogens with zero attached hydrogens (tertiary/aromatic N) is 2. The molecule has 0 bridgehead atoms. The van der Waals surface area contributed by atoms with E-state index in [1.54, 1.807) is 0 Å². The van der Waals surface area contributed by atoms with Gasteiger partial charge < -0.3 is 15.2 Å². The van der Waals surface area contributed by atoms with Crippen LogP contribution in [0.1, 0.15) is 28.3 Å². The maximum atomic E-state index is 9.71. The highest BCUT2D eigenvalue weighted by Crippen LogP contribution is 2.45. The smallest absolute Gasteiger partial charge is 0.244 e. The molecule has 3 N–H and O–H groups in total. The van der Waals surface area contributed by atoms with Gasteiger partial charge in [-0.05, 0) is 18.6 Å². The van der Waals surface area contributed by atoms with Crippen LogP contribution in [-0.2, 0) is 6.61 Å². The third kappa shape index (κ3) is 3.00. The van der Waals surface area contributed by atoms with Crippen molar-refractivity contribution in [3.05, 3.63) is 88.4 Å². The summed E-state index contributed by atoms with van der Waals surface area (Å²) in [6, 6.07) is 19.8. The number of aromatic nitrogens is 2. The molecule has 0 saturated carbocycles. The summed E-state index contributed by atoms with van der Waals surface area (Å²) in [5, 5.41) is 16.8. The molecule has 1 aromatic heterocycles. The van der Waals surface area contributed by atoms with Gasteiger partial charge in [-0.3, -0.25) is 5.10 Å². The van der Waals surface area contributed by atoms with Crippen LogP contribution < -0.4 is 15.2 Å². The van der Waals surface area contributed by atoms with Crippen molar-refractivity contribution in [1.82, 2.24) is 10.2 Å². The van der Waals surface area contributed by atoms with Crippen LogP contribution in [0, 0.1) is 18.3 Å². The van der Waals surface area contributed by atoms with Crippen LogP contribution in [0.5, 0.6) is 11.6 Å². The number of benzene rings is 2. The minimum atomic E-state index is -0.399. The minimum Gasteiger partial charge on any atom is -0.489 e. The first-order chi connectivity index (χ1) is 13.2. The normalized spacial score (nSPS) is 15.6. The van der Waals surface area contributed by atoms with Gasteiger partial charge in [0.1, 0.15) is 24.0 Å². The van der Waals surface area contributed by atoms with Gasteiger partial charge in [-0.2, -0.15) is 5.26 Å². The van der Waals surface area contributed by atoms with E-state index in [2.05, 4.69) is 16.3 Å². The molecule has 0 amide bonds. The molecule has 6 nitrogen and oxygen atoms in total. The number of nitrogens with two attached hydrogens (primary N) is 1. The number of nitriles is 1. The van der Waals surface area contributed by atoms with E-state index in [-0.39, 0.29) is 5.88 Å². The Balaban J connectivity index is 1.77. The number of H-pyrrole nitrogens is 1. The topological polar surface area (TPSA) is 97.0 Å². The number of aromatic amines is 1. The molecule has 1 unspecified atom stereocenters. The van der Waals surface area contributed by atoms with Crippen molar-refractivity contribution in [3.8, 4) is 17.7 Å². The van der Waals surface area contributed by atoms with Crippen LogP contribution in [0.4, 0.5) is 0 Å². The molecule has 1 aliphatic heterocycles. The van der Waals surface area contributed by atoms with Crippen molar-refractivity contribution >= 4 is 0 Å². The third-order valence-corrected chi connectivity index (χ3v) is 4.60. The summed E-state index contributed by atoms with van der Waals surface area (Å²) in [4.78, 5) is 0. The lowest BCUT2D eigenvalue weighted by Gasteiger charge is -2.25. The first kappa shape index (κ1) is 16.7. The molecule has 0 aliphatic carbocycles. The van der Waals surface area contributed by atoms with Crippen LogP contribution in [0.15, 0.2) is 66.1 Å². The molecule has 0 saturated heterocycles. The first-order valence-corrected chi connectivity index (χ1v) is 8.57. The minimum absolute atomic E-state index is 0.0689. The standard InChI is InChI=1S/C21H18N4O2/c1-13-18-19(16(11-22)20(23)27-21(18)25-24-13)15-9-5-6-10-17(15)26-12-14-7-3-2-4-8-14/h2-10,19H,12,23H2,1H3,(H,24,25). The molecule has 0 radical (unpaired) electrons. The van der Waals surface area contributed by atoms with Gasteiger partial charge in [-0.25, -0.2) is 0 Å². The van der Waals surface area contributed by atoms with Gasteiger partial charge in [-0.15, -0.1) is 5.10 Å². The Bertz CT molecular complexity index is 1050.